The minimum atomic E-state index is -0.853. The van der Waals surface area contributed by atoms with E-state index >= 15 is 0 Å². The Morgan fingerprint density at radius 3 is 2.86 bits per heavy atom. The van der Waals surface area contributed by atoms with Gasteiger partial charge in [-0.1, -0.05) is 13.0 Å². The minimum absolute atomic E-state index is 0.0335. The smallest absolute Gasteiger partial charge is 0.234 e. The summed E-state index contributed by atoms with van der Waals surface area (Å²) < 4.78 is 26.1. The summed E-state index contributed by atoms with van der Waals surface area (Å²) in [6.07, 6.45) is 1.12. The zero-order valence-electron chi connectivity index (χ0n) is 12.9. The third kappa shape index (κ3) is 4.68. The van der Waals surface area contributed by atoms with E-state index in [9.17, 15) is 13.6 Å². The first kappa shape index (κ1) is 17.2. The molecule has 1 aromatic carbocycles. The van der Waals surface area contributed by atoms with Crippen molar-refractivity contribution in [1.82, 2.24) is 10.2 Å². The van der Waals surface area contributed by atoms with Crippen molar-refractivity contribution in [2.75, 3.05) is 31.6 Å². The zero-order valence-corrected chi connectivity index (χ0v) is 13.8. The van der Waals surface area contributed by atoms with Crippen LogP contribution in [0, 0.1) is 11.6 Å². The van der Waals surface area contributed by atoms with E-state index in [1.54, 1.807) is 6.07 Å². The quantitative estimate of drug-likeness (QED) is 0.871. The Hall–Kier alpha value is -1.14. The van der Waals surface area contributed by atoms with E-state index in [0.717, 1.165) is 24.0 Å². The number of carbonyl (C=O) groups is 1. The van der Waals surface area contributed by atoms with Crippen molar-refractivity contribution < 1.29 is 13.6 Å². The topological polar surface area (TPSA) is 32.3 Å². The summed E-state index contributed by atoms with van der Waals surface area (Å²) in [5.41, 5.74) is 0.680. The van der Waals surface area contributed by atoms with Gasteiger partial charge in [0.1, 0.15) is 0 Å². The number of carbonyl (C=O) groups excluding carboxylic acids is 1. The zero-order chi connectivity index (χ0) is 16.1. The fraction of sp³-hybridized carbons (Fsp3) is 0.562. The number of amides is 1. The van der Waals surface area contributed by atoms with E-state index in [4.69, 9.17) is 0 Å². The molecule has 0 aromatic heterocycles. The molecule has 0 bridgehead atoms. The van der Waals surface area contributed by atoms with E-state index in [0.29, 0.717) is 24.7 Å². The van der Waals surface area contributed by atoms with Crippen LogP contribution in [0.4, 0.5) is 8.78 Å². The van der Waals surface area contributed by atoms with Gasteiger partial charge in [0.2, 0.25) is 5.91 Å². The molecule has 1 aliphatic heterocycles. The normalized spacial score (nSPS) is 19.4. The van der Waals surface area contributed by atoms with Crippen molar-refractivity contribution >= 4 is 17.7 Å². The van der Waals surface area contributed by atoms with Crippen LogP contribution >= 0.6 is 11.8 Å². The Balaban J connectivity index is 1.78. The Morgan fingerprint density at radius 1 is 1.45 bits per heavy atom. The molecule has 6 heteroatoms. The van der Waals surface area contributed by atoms with Gasteiger partial charge in [-0.3, -0.25) is 9.69 Å². The lowest BCUT2D eigenvalue weighted by Crippen LogP contribution is -2.41. The van der Waals surface area contributed by atoms with Crippen LogP contribution in [0.2, 0.25) is 0 Å². The van der Waals surface area contributed by atoms with Crippen LogP contribution in [0.3, 0.4) is 0 Å². The monoisotopic (exact) mass is 328 g/mol. The van der Waals surface area contributed by atoms with E-state index in [-0.39, 0.29) is 11.8 Å². The van der Waals surface area contributed by atoms with Crippen molar-refractivity contribution in [3.05, 3.63) is 35.4 Å². The van der Waals surface area contributed by atoms with Crippen molar-refractivity contribution in [3.63, 3.8) is 0 Å². The van der Waals surface area contributed by atoms with Gasteiger partial charge in [-0.25, -0.2) is 8.78 Å². The first-order chi connectivity index (χ1) is 10.5. The fourth-order valence-corrected chi connectivity index (χ4v) is 3.78. The number of thioether (sulfide) groups is 1. The number of hydrogen-bond acceptors (Lipinski definition) is 3. The Morgan fingerprint density at radius 2 is 2.23 bits per heavy atom. The summed E-state index contributed by atoms with van der Waals surface area (Å²) in [7, 11) is 1.97. The average molecular weight is 328 g/mol. The maximum atomic E-state index is 13.2. The first-order valence-electron chi connectivity index (χ1n) is 7.47. The Labute approximate surface area is 134 Å². The molecule has 3 nitrogen and oxygen atoms in total. The summed E-state index contributed by atoms with van der Waals surface area (Å²) in [5, 5.41) is 2.87. The molecule has 0 spiro atoms. The van der Waals surface area contributed by atoms with Gasteiger partial charge in [-0.05, 0) is 42.8 Å². The number of benzene rings is 1. The largest absolute Gasteiger partial charge is 0.354 e. The van der Waals surface area contributed by atoms with Crippen LogP contribution < -0.4 is 5.32 Å². The summed E-state index contributed by atoms with van der Waals surface area (Å²) >= 11 is 1.92. The van der Waals surface area contributed by atoms with E-state index in [1.165, 1.54) is 6.07 Å². The van der Waals surface area contributed by atoms with E-state index in [2.05, 4.69) is 10.2 Å². The second kappa shape index (κ2) is 7.92. The van der Waals surface area contributed by atoms with Crippen molar-refractivity contribution in [1.29, 1.82) is 0 Å². The van der Waals surface area contributed by atoms with Crippen molar-refractivity contribution in [2.24, 2.45) is 0 Å². The van der Waals surface area contributed by atoms with Gasteiger partial charge in [0, 0.05) is 18.3 Å². The van der Waals surface area contributed by atoms with E-state index < -0.39 is 11.6 Å². The molecule has 22 heavy (non-hydrogen) atoms. The van der Waals surface area contributed by atoms with Gasteiger partial charge < -0.3 is 5.32 Å². The lowest BCUT2D eigenvalue weighted by molar-refractivity contribution is -0.122. The second-order valence-corrected chi connectivity index (χ2v) is 6.96. The standard InChI is InChI=1S/C16H22F2N2OS/c1-11(12-3-4-14(17)15(18)7-12)8-19-16(21)9-20(2)13-5-6-22-10-13/h3-4,7,11,13H,5-6,8-10H2,1-2H3,(H,19,21)/t11-,13+/m1/s1. The summed E-state index contributed by atoms with van der Waals surface area (Å²) in [6, 6.07) is 4.33. The summed E-state index contributed by atoms with van der Waals surface area (Å²) in [4.78, 5) is 14.1. The van der Waals surface area contributed by atoms with Gasteiger partial charge >= 0.3 is 0 Å². The maximum Gasteiger partial charge on any atom is 0.234 e. The summed E-state index contributed by atoms with van der Waals surface area (Å²) in [6.45, 7) is 2.66. The molecule has 2 rings (SSSR count). The van der Waals surface area contributed by atoms with Gasteiger partial charge in [0.15, 0.2) is 11.6 Å². The highest BCUT2D eigenvalue weighted by Gasteiger charge is 2.21. The molecule has 0 radical (unpaired) electrons. The van der Waals surface area contributed by atoms with Crippen LogP contribution in [0.1, 0.15) is 24.8 Å². The molecule has 1 heterocycles. The molecule has 1 amide bonds. The molecule has 1 aromatic rings. The molecule has 0 aliphatic carbocycles. The predicted molar refractivity (Wildman–Crippen MR) is 86.1 cm³/mol. The van der Waals surface area contributed by atoms with Crippen molar-refractivity contribution in [3.8, 4) is 0 Å². The Bertz CT molecular complexity index is 521. The molecule has 0 unspecified atom stereocenters. The fourth-order valence-electron chi connectivity index (χ4n) is 2.48. The van der Waals surface area contributed by atoms with Crippen LogP contribution in [0.25, 0.3) is 0 Å². The molecule has 122 valence electrons. The highest BCUT2D eigenvalue weighted by molar-refractivity contribution is 7.99. The highest BCUT2D eigenvalue weighted by atomic mass is 32.2. The molecular formula is C16H22F2N2OS. The number of nitrogens with one attached hydrogen (secondary N) is 1. The third-order valence-corrected chi connectivity index (χ3v) is 5.18. The van der Waals surface area contributed by atoms with E-state index in [1.807, 2.05) is 25.7 Å². The molecule has 2 atom stereocenters. The van der Waals surface area contributed by atoms with Crippen molar-refractivity contribution in [2.45, 2.75) is 25.3 Å². The van der Waals surface area contributed by atoms with Crippen LogP contribution in [-0.4, -0.2) is 48.5 Å². The van der Waals surface area contributed by atoms with Gasteiger partial charge in [0.05, 0.1) is 6.54 Å². The highest BCUT2D eigenvalue weighted by Crippen LogP contribution is 2.21. The number of halogens is 2. The summed E-state index contributed by atoms with van der Waals surface area (Å²) in [5.74, 6) is 0.434. The van der Waals surface area contributed by atoms with Crippen LogP contribution in [0.15, 0.2) is 18.2 Å². The minimum Gasteiger partial charge on any atom is -0.354 e. The third-order valence-electron chi connectivity index (χ3n) is 4.04. The SMILES string of the molecule is C[C@H](CNC(=O)CN(C)[C@H]1CCSC1)c1ccc(F)c(F)c1. The first-order valence-corrected chi connectivity index (χ1v) is 8.62. The molecule has 1 N–H and O–H groups in total. The lowest BCUT2D eigenvalue weighted by Gasteiger charge is -2.23. The molecule has 0 saturated carbocycles. The van der Waals surface area contributed by atoms with Crippen LogP contribution in [0.5, 0.6) is 0 Å². The maximum absolute atomic E-state index is 13.2. The molecular weight excluding hydrogens is 306 g/mol. The number of rotatable bonds is 6. The second-order valence-electron chi connectivity index (χ2n) is 5.81. The molecule has 1 aliphatic rings. The lowest BCUT2D eigenvalue weighted by atomic mass is 10.0. The number of hydrogen-bond donors (Lipinski definition) is 1. The van der Waals surface area contributed by atoms with Gasteiger partial charge in [0.25, 0.3) is 0 Å². The Kier molecular flexibility index (Phi) is 6.20. The van der Waals surface area contributed by atoms with Crippen LogP contribution in [-0.2, 0) is 4.79 Å². The number of likely N-dealkylation sites (N-methyl/N-ethyl adjacent to an activating group) is 1. The van der Waals surface area contributed by atoms with Gasteiger partial charge in [-0.15, -0.1) is 0 Å². The predicted octanol–water partition coefficient (Wildman–Crippen LogP) is 2.62. The van der Waals surface area contributed by atoms with Gasteiger partial charge in [-0.2, -0.15) is 11.8 Å². The number of nitrogens with zero attached hydrogens (tertiary/aromatic N) is 1. The average Bonchev–Trinajstić information content (AvgIpc) is 3.02. The molecule has 1 saturated heterocycles. The molecule has 1 fully saturated rings.